The van der Waals surface area contributed by atoms with Crippen molar-refractivity contribution in [2.75, 3.05) is 18.5 Å². The number of aromatic nitrogens is 1. The summed E-state index contributed by atoms with van der Waals surface area (Å²) >= 11 is 1.42. The van der Waals surface area contributed by atoms with Gasteiger partial charge in [0.1, 0.15) is 0 Å². The summed E-state index contributed by atoms with van der Waals surface area (Å²) in [5.74, 6) is 0. The van der Waals surface area contributed by atoms with Gasteiger partial charge in [-0.3, -0.25) is 5.32 Å². The molecule has 2 aromatic rings. The van der Waals surface area contributed by atoms with Crippen molar-refractivity contribution >= 4 is 22.5 Å². The van der Waals surface area contributed by atoms with Crippen LogP contribution in [-0.4, -0.2) is 29.3 Å². The Kier molecular flexibility index (Phi) is 4.88. The molecular weight excluding hydrogens is 262 g/mol. The second kappa shape index (κ2) is 6.86. The first kappa shape index (κ1) is 13.5. The van der Waals surface area contributed by atoms with E-state index < -0.39 is 0 Å². The Morgan fingerprint density at radius 1 is 1.32 bits per heavy atom. The van der Waals surface area contributed by atoms with Gasteiger partial charge in [-0.05, 0) is 12.0 Å². The largest absolute Gasteiger partial charge is 0.396 e. The number of amides is 2. The second-order valence-corrected chi connectivity index (χ2v) is 4.88. The number of carbonyl (C=O) groups is 1. The lowest BCUT2D eigenvalue weighted by molar-refractivity contribution is 0.249. The van der Waals surface area contributed by atoms with Gasteiger partial charge < -0.3 is 10.4 Å². The van der Waals surface area contributed by atoms with Gasteiger partial charge in [0.05, 0.1) is 4.88 Å². The molecular formula is C13H15N3O2S. The van der Waals surface area contributed by atoms with Crippen molar-refractivity contribution in [1.82, 2.24) is 10.3 Å². The fourth-order valence-electron chi connectivity index (χ4n) is 1.49. The molecule has 1 heterocycles. The molecule has 0 aliphatic carbocycles. The van der Waals surface area contributed by atoms with Gasteiger partial charge in [-0.1, -0.05) is 41.7 Å². The van der Waals surface area contributed by atoms with E-state index in [1.165, 1.54) is 11.3 Å². The van der Waals surface area contributed by atoms with E-state index in [-0.39, 0.29) is 12.6 Å². The lowest BCUT2D eigenvalue weighted by atomic mass is 10.2. The van der Waals surface area contributed by atoms with Crippen LogP contribution in [0, 0.1) is 0 Å². The van der Waals surface area contributed by atoms with Crippen LogP contribution in [0.1, 0.15) is 6.42 Å². The van der Waals surface area contributed by atoms with E-state index in [0.29, 0.717) is 18.1 Å². The van der Waals surface area contributed by atoms with Gasteiger partial charge in [0, 0.05) is 19.3 Å². The third kappa shape index (κ3) is 4.04. The summed E-state index contributed by atoms with van der Waals surface area (Å²) in [6.45, 7) is 0.509. The molecule has 2 amide bonds. The summed E-state index contributed by atoms with van der Waals surface area (Å²) in [5, 5.41) is 14.5. The van der Waals surface area contributed by atoms with Crippen molar-refractivity contribution in [2.45, 2.75) is 6.42 Å². The summed E-state index contributed by atoms with van der Waals surface area (Å²) in [5.41, 5.74) is 1.08. The molecule has 0 radical (unpaired) electrons. The summed E-state index contributed by atoms with van der Waals surface area (Å²) in [4.78, 5) is 16.7. The number of benzene rings is 1. The average molecular weight is 277 g/mol. The van der Waals surface area contributed by atoms with Crippen LogP contribution in [-0.2, 0) is 0 Å². The van der Waals surface area contributed by atoms with E-state index in [9.17, 15) is 4.79 Å². The fourth-order valence-corrected chi connectivity index (χ4v) is 2.31. The predicted octanol–water partition coefficient (Wildman–Crippen LogP) is 2.31. The number of aliphatic hydroxyl groups is 1. The lowest BCUT2D eigenvalue weighted by Crippen LogP contribution is -2.29. The number of nitrogens with zero attached hydrogens (tertiary/aromatic N) is 1. The Labute approximate surface area is 115 Å². The van der Waals surface area contributed by atoms with Crippen LogP contribution in [0.25, 0.3) is 10.4 Å². The molecule has 6 heteroatoms. The number of carbonyl (C=O) groups excluding carboxylic acids is 1. The van der Waals surface area contributed by atoms with Crippen LogP contribution < -0.4 is 10.6 Å². The smallest absolute Gasteiger partial charge is 0.321 e. The molecule has 1 aromatic carbocycles. The molecule has 0 atom stereocenters. The molecule has 2 rings (SSSR count). The van der Waals surface area contributed by atoms with E-state index in [1.54, 1.807) is 6.20 Å². The summed E-state index contributed by atoms with van der Waals surface area (Å²) < 4.78 is 0. The summed E-state index contributed by atoms with van der Waals surface area (Å²) in [6.07, 6.45) is 2.28. The standard InChI is InChI=1S/C13H15N3O2S/c17-8-4-7-14-12(18)16-13-15-9-11(19-13)10-5-2-1-3-6-10/h1-3,5-6,9,17H,4,7-8H2,(H2,14,15,16,18). The third-order valence-corrected chi connectivity index (χ3v) is 3.37. The quantitative estimate of drug-likeness (QED) is 0.734. The molecule has 1 aromatic heterocycles. The number of nitrogens with one attached hydrogen (secondary N) is 2. The van der Waals surface area contributed by atoms with Crippen LogP contribution in [0.4, 0.5) is 9.93 Å². The molecule has 0 spiro atoms. The van der Waals surface area contributed by atoms with Gasteiger partial charge in [0.15, 0.2) is 5.13 Å². The number of urea groups is 1. The molecule has 0 saturated heterocycles. The Morgan fingerprint density at radius 2 is 2.11 bits per heavy atom. The van der Waals surface area contributed by atoms with Gasteiger partial charge in [-0.2, -0.15) is 0 Å². The zero-order chi connectivity index (χ0) is 13.5. The zero-order valence-electron chi connectivity index (χ0n) is 10.3. The molecule has 5 nitrogen and oxygen atoms in total. The molecule has 0 fully saturated rings. The Hall–Kier alpha value is -1.92. The highest BCUT2D eigenvalue weighted by molar-refractivity contribution is 7.19. The Balaban J connectivity index is 1.93. The SMILES string of the molecule is O=C(NCCCO)Nc1ncc(-c2ccccc2)s1. The number of rotatable bonds is 5. The number of thiazole rings is 1. The van der Waals surface area contributed by atoms with Gasteiger partial charge in [0.25, 0.3) is 0 Å². The minimum atomic E-state index is -0.303. The Bertz CT molecular complexity index is 528. The molecule has 0 saturated carbocycles. The van der Waals surface area contributed by atoms with Gasteiger partial charge >= 0.3 is 6.03 Å². The molecule has 0 aliphatic rings. The highest BCUT2D eigenvalue weighted by Crippen LogP contribution is 2.28. The van der Waals surface area contributed by atoms with Gasteiger partial charge in [-0.25, -0.2) is 9.78 Å². The van der Waals surface area contributed by atoms with Crippen molar-refractivity contribution in [3.8, 4) is 10.4 Å². The predicted molar refractivity (Wildman–Crippen MR) is 76.3 cm³/mol. The van der Waals surface area contributed by atoms with Crippen LogP contribution in [0.2, 0.25) is 0 Å². The van der Waals surface area contributed by atoms with E-state index in [4.69, 9.17) is 5.11 Å². The van der Waals surface area contributed by atoms with Crippen molar-refractivity contribution < 1.29 is 9.90 Å². The highest BCUT2D eigenvalue weighted by atomic mass is 32.1. The third-order valence-electron chi connectivity index (χ3n) is 2.40. The minimum Gasteiger partial charge on any atom is -0.396 e. The maximum atomic E-state index is 11.5. The van der Waals surface area contributed by atoms with Crippen molar-refractivity contribution in [3.05, 3.63) is 36.5 Å². The summed E-state index contributed by atoms with van der Waals surface area (Å²) in [6, 6.07) is 9.57. The normalized spacial score (nSPS) is 10.2. The maximum absolute atomic E-state index is 11.5. The van der Waals surface area contributed by atoms with Crippen molar-refractivity contribution in [1.29, 1.82) is 0 Å². The number of hydrogen-bond donors (Lipinski definition) is 3. The van der Waals surface area contributed by atoms with Crippen LogP contribution in [0.3, 0.4) is 0 Å². The zero-order valence-corrected chi connectivity index (χ0v) is 11.1. The van der Waals surface area contributed by atoms with Gasteiger partial charge in [-0.15, -0.1) is 0 Å². The maximum Gasteiger partial charge on any atom is 0.321 e. The number of aliphatic hydroxyl groups excluding tert-OH is 1. The highest BCUT2D eigenvalue weighted by Gasteiger charge is 2.06. The Morgan fingerprint density at radius 3 is 2.84 bits per heavy atom. The second-order valence-electron chi connectivity index (χ2n) is 3.85. The van der Waals surface area contributed by atoms with Crippen LogP contribution >= 0.6 is 11.3 Å². The monoisotopic (exact) mass is 277 g/mol. The first-order chi connectivity index (χ1) is 9.29. The minimum absolute atomic E-state index is 0.0652. The fraction of sp³-hybridized carbons (Fsp3) is 0.231. The van der Waals surface area contributed by atoms with E-state index in [0.717, 1.165) is 10.4 Å². The average Bonchev–Trinajstić information content (AvgIpc) is 2.88. The van der Waals surface area contributed by atoms with Crippen molar-refractivity contribution in [3.63, 3.8) is 0 Å². The van der Waals surface area contributed by atoms with E-state index in [2.05, 4.69) is 15.6 Å². The topological polar surface area (TPSA) is 74.2 Å². The molecule has 3 N–H and O–H groups in total. The molecule has 0 unspecified atom stereocenters. The first-order valence-electron chi connectivity index (χ1n) is 5.96. The lowest BCUT2D eigenvalue weighted by Gasteiger charge is -2.03. The van der Waals surface area contributed by atoms with Crippen molar-refractivity contribution in [2.24, 2.45) is 0 Å². The summed E-state index contributed by atoms with van der Waals surface area (Å²) in [7, 11) is 0. The van der Waals surface area contributed by atoms with Gasteiger partial charge in [0.2, 0.25) is 0 Å². The van der Waals surface area contributed by atoms with Crippen LogP contribution in [0.5, 0.6) is 0 Å². The molecule has 0 bridgehead atoms. The van der Waals surface area contributed by atoms with E-state index in [1.807, 2.05) is 30.3 Å². The first-order valence-corrected chi connectivity index (χ1v) is 6.78. The van der Waals surface area contributed by atoms with Crippen LogP contribution in [0.15, 0.2) is 36.5 Å². The molecule has 0 aliphatic heterocycles. The number of hydrogen-bond acceptors (Lipinski definition) is 4. The molecule has 100 valence electrons. The van der Waals surface area contributed by atoms with E-state index >= 15 is 0 Å². The number of anilines is 1. The molecule has 19 heavy (non-hydrogen) atoms.